The quantitative estimate of drug-likeness (QED) is 0.669. The van der Waals surface area contributed by atoms with Gasteiger partial charge < -0.3 is 10.1 Å². The molecule has 0 saturated heterocycles. The van der Waals surface area contributed by atoms with E-state index in [1.165, 1.54) is 0 Å². The summed E-state index contributed by atoms with van der Waals surface area (Å²) in [4.78, 5) is 12.3. The van der Waals surface area contributed by atoms with E-state index in [1.54, 1.807) is 19.1 Å². The summed E-state index contributed by atoms with van der Waals surface area (Å²) in [6.07, 6.45) is 0. The smallest absolute Gasteiger partial charge is 0.256 e. The van der Waals surface area contributed by atoms with Crippen molar-refractivity contribution in [2.24, 2.45) is 0 Å². The molecule has 120 valence electrons. The first kappa shape index (κ1) is 16.1. The highest BCUT2D eigenvalue weighted by Crippen LogP contribution is 2.25. The molecule has 0 aliphatic heterocycles. The highest BCUT2D eigenvalue weighted by Gasteiger charge is 2.12. The minimum absolute atomic E-state index is 0.223. The van der Waals surface area contributed by atoms with Crippen LogP contribution in [0.25, 0.3) is 10.9 Å². The van der Waals surface area contributed by atoms with Gasteiger partial charge in [0.05, 0.1) is 5.52 Å². The van der Waals surface area contributed by atoms with Crippen LogP contribution < -0.4 is 10.1 Å². The van der Waals surface area contributed by atoms with Gasteiger partial charge in [-0.05, 0) is 49.4 Å². The van der Waals surface area contributed by atoms with Gasteiger partial charge in [-0.25, -0.2) is 0 Å². The van der Waals surface area contributed by atoms with Gasteiger partial charge in [-0.15, -0.1) is 5.92 Å². The fraction of sp³-hybridized carbons (Fsp3) is 0.111. The van der Waals surface area contributed by atoms with Crippen molar-refractivity contribution in [3.8, 4) is 17.6 Å². The standard InChI is InChI=1S/C18H14BrN3O2/c1-2-3-10-24-14-8-9-16-15(11-14)17(22-21-16)20-18(23)12-4-6-13(19)7-5-12/h4-9,11H,10H2,1H3,(H2,20,21,22,23). The van der Waals surface area contributed by atoms with E-state index in [0.29, 0.717) is 23.7 Å². The third kappa shape index (κ3) is 3.58. The molecule has 2 aromatic carbocycles. The second-order valence-electron chi connectivity index (χ2n) is 4.96. The first-order valence-electron chi connectivity index (χ1n) is 7.25. The Hall–Kier alpha value is -2.78. The van der Waals surface area contributed by atoms with Crippen molar-refractivity contribution in [3.63, 3.8) is 0 Å². The van der Waals surface area contributed by atoms with Gasteiger partial charge in [0.25, 0.3) is 5.91 Å². The number of nitrogens with zero attached hydrogens (tertiary/aromatic N) is 1. The molecule has 0 atom stereocenters. The lowest BCUT2D eigenvalue weighted by molar-refractivity contribution is 0.102. The average Bonchev–Trinajstić information content (AvgIpc) is 2.98. The molecule has 0 bridgehead atoms. The predicted molar refractivity (Wildman–Crippen MR) is 97.1 cm³/mol. The van der Waals surface area contributed by atoms with Crippen molar-refractivity contribution in [2.45, 2.75) is 6.92 Å². The van der Waals surface area contributed by atoms with Crippen LogP contribution in [0.5, 0.6) is 5.75 Å². The number of carbonyl (C=O) groups is 1. The Labute approximate surface area is 147 Å². The molecule has 24 heavy (non-hydrogen) atoms. The van der Waals surface area contributed by atoms with Crippen LogP contribution >= 0.6 is 15.9 Å². The molecule has 1 amide bonds. The number of fused-ring (bicyclic) bond motifs is 1. The molecule has 6 heteroatoms. The molecule has 5 nitrogen and oxygen atoms in total. The van der Waals surface area contributed by atoms with Crippen LogP contribution in [0.4, 0.5) is 5.82 Å². The van der Waals surface area contributed by atoms with Crippen LogP contribution in [0.2, 0.25) is 0 Å². The number of rotatable bonds is 4. The number of carbonyl (C=O) groups excluding carboxylic acids is 1. The van der Waals surface area contributed by atoms with Crippen molar-refractivity contribution in [2.75, 3.05) is 11.9 Å². The molecule has 0 aliphatic carbocycles. The summed E-state index contributed by atoms with van der Waals surface area (Å²) in [6, 6.07) is 12.6. The number of aromatic amines is 1. The number of amides is 1. The second kappa shape index (κ2) is 7.20. The zero-order chi connectivity index (χ0) is 16.9. The zero-order valence-corrected chi connectivity index (χ0v) is 14.5. The predicted octanol–water partition coefficient (Wildman–Crippen LogP) is 3.98. The van der Waals surface area contributed by atoms with Gasteiger partial charge in [-0.3, -0.25) is 9.89 Å². The van der Waals surface area contributed by atoms with E-state index in [2.05, 4.69) is 43.3 Å². The highest BCUT2D eigenvalue weighted by atomic mass is 79.9. The van der Waals surface area contributed by atoms with Crippen LogP contribution in [0.3, 0.4) is 0 Å². The summed E-state index contributed by atoms with van der Waals surface area (Å²) in [6.45, 7) is 2.08. The van der Waals surface area contributed by atoms with E-state index in [9.17, 15) is 4.79 Å². The van der Waals surface area contributed by atoms with Crippen LogP contribution in [-0.4, -0.2) is 22.7 Å². The maximum absolute atomic E-state index is 12.3. The van der Waals surface area contributed by atoms with Gasteiger partial charge in [0.15, 0.2) is 5.82 Å². The van der Waals surface area contributed by atoms with E-state index in [1.807, 2.05) is 30.3 Å². The van der Waals surface area contributed by atoms with Gasteiger partial charge in [0.1, 0.15) is 12.4 Å². The molecule has 2 N–H and O–H groups in total. The maximum atomic E-state index is 12.3. The Morgan fingerprint density at radius 1 is 1.29 bits per heavy atom. The number of hydrogen-bond donors (Lipinski definition) is 2. The summed E-state index contributed by atoms with van der Waals surface area (Å²) < 4.78 is 6.47. The number of anilines is 1. The van der Waals surface area contributed by atoms with Gasteiger partial charge in [0, 0.05) is 15.4 Å². The summed E-state index contributed by atoms with van der Waals surface area (Å²) in [5.41, 5.74) is 1.37. The normalized spacial score (nSPS) is 10.1. The fourth-order valence-electron chi connectivity index (χ4n) is 2.15. The van der Waals surface area contributed by atoms with Crippen LogP contribution in [0.15, 0.2) is 46.9 Å². The van der Waals surface area contributed by atoms with Gasteiger partial charge in [-0.2, -0.15) is 5.10 Å². The van der Waals surface area contributed by atoms with Gasteiger partial charge >= 0.3 is 0 Å². The minimum atomic E-state index is -0.223. The first-order chi connectivity index (χ1) is 11.7. The zero-order valence-electron chi connectivity index (χ0n) is 12.9. The molecular weight excluding hydrogens is 370 g/mol. The highest BCUT2D eigenvalue weighted by molar-refractivity contribution is 9.10. The van der Waals surface area contributed by atoms with E-state index in [0.717, 1.165) is 15.4 Å². The number of benzene rings is 2. The molecule has 0 fully saturated rings. The lowest BCUT2D eigenvalue weighted by Crippen LogP contribution is -2.12. The molecule has 1 aromatic heterocycles. The average molecular weight is 384 g/mol. The number of nitrogens with one attached hydrogen (secondary N) is 2. The minimum Gasteiger partial charge on any atom is -0.481 e. The molecule has 1 heterocycles. The molecule has 0 radical (unpaired) electrons. The molecule has 0 saturated carbocycles. The second-order valence-corrected chi connectivity index (χ2v) is 5.87. The Morgan fingerprint density at radius 2 is 2.08 bits per heavy atom. The number of aromatic nitrogens is 2. The molecular formula is C18H14BrN3O2. The molecule has 0 aliphatic rings. The molecule has 0 unspecified atom stereocenters. The summed E-state index contributed by atoms with van der Waals surface area (Å²) in [5, 5.41) is 10.7. The van der Waals surface area contributed by atoms with Gasteiger partial charge in [0.2, 0.25) is 0 Å². The summed E-state index contributed by atoms with van der Waals surface area (Å²) in [7, 11) is 0. The topological polar surface area (TPSA) is 67.0 Å². The van der Waals surface area contributed by atoms with Crippen molar-refractivity contribution in [3.05, 3.63) is 52.5 Å². The van der Waals surface area contributed by atoms with E-state index >= 15 is 0 Å². The Balaban J connectivity index is 1.83. The monoisotopic (exact) mass is 383 g/mol. The van der Waals surface area contributed by atoms with E-state index in [4.69, 9.17) is 4.74 Å². The SMILES string of the molecule is CC#CCOc1ccc2[nH]nc(NC(=O)c3ccc(Br)cc3)c2c1. The third-order valence-electron chi connectivity index (χ3n) is 3.36. The van der Waals surface area contributed by atoms with Crippen LogP contribution in [0.1, 0.15) is 17.3 Å². The van der Waals surface area contributed by atoms with Gasteiger partial charge in [-0.1, -0.05) is 21.9 Å². The van der Waals surface area contributed by atoms with E-state index in [-0.39, 0.29) is 5.91 Å². The number of ether oxygens (including phenoxy) is 1. The summed E-state index contributed by atoms with van der Waals surface area (Å²) in [5.74, 6) is 6.53. The lowest BCUT2D eigenvalue weighted by atomic mass is 10.2. The molecule has 3 aromatic rings. The number of H-pyrrole nitrogens is 1. The van der Waals surface area contributed by atoms with Crippen LogP contribution in [0, 0.1) is 11.8 Å². The number of halogens is 1. The fourth-order valence-corrected chi connectivity index (χ4v) is 2.42. The van der Waals surface area contributed by atoms with Crippen molar-refractivity contribution >= 4 is 38.6 Å². The van der Waals surface area contributed by atoms with Crippen molar-refractivity contribution in [1.29, 1.82) is 0 Å². The molecule has 3 rings (SSSR count). The third-order valence-corrected chi connectivity index (χ3v) is 3.89. The first-order valence-corrected chi connectivity index (χ1v) is 8.04. The largest absolute Gasteiger partial charge is 0.481 e. The van der Waals surface area contributed by atoms with Crippen molar-refractivity contribution < 1.29 is 9.53 Å². The summed E-state index contributed by atoms with van der Waals surface area (Å²) >= 11 is 3.35. The molecule has 0 spiro atoms. The Bertz CT molecular complexity index is 936. The van der Waals surface area contributed by atoms with E-state index < -0.39 is 0 Å². The maximum Gasteiger partial charge on any atom is 0.256 e. The van der Waals surface area contributed by atoms with Crippen LogP contribution in [-0.2, 0) is 0 Å². The lowest BCUT2D eigenvalue weighted by Gasteiger charge is -2.04. The number of hydrogen-bond acceptors (Lipinski definition) is 3. The Morgan fingerprint density at radius 3 is 2.83 bits per heavy atom. The Kier molecular flexibility index (Phi) is 4.82. The van der Waals surface area contributed by atoms with Crippen molar-refractivity contribution in [1.82, 2.24) is 10.2 Å².